The third-order valence-corrected chi connectivity index (χ3v) is 2.86. The highest BCUT2D eigenvalue weighted by molar-refractivity contribution is 9.10. The number of hydrogen-bond donors (Lipinski definition) is 2. The minimum absolute atomic E-state index is 0.176. The summed E-state index contributed by atoms with van der Waals surface area (Å²) >= 11 is 3.21. The Bertz CT molecular complexity index is 405. The lowest BCUT2D eigenvalue weighted by Crippen LogP contribution is -2.31. The number of nitrogens with one attached hydrogen (secondary N) is 1. The molecule has 0 bridgehead atoms. The Balaban J connectivity index is 3.09. The number of aromatic carboxylic acids is 1. The standard InChI is InChI=1S/C11H15BrN2O2/c1-4-11(2,3)14-9-8(10(15)16)5-7(12)6-13-9/h5-6H,4H2,1-3H3,(H,13,14)(H,15,16). The number of carboxylic acid groups (broad SMARTS) is 1. The average Bonchev–Trinajstić information content (AvgIpc) is 2.20. The van der Waals surface area contributed by atoms with Gasteiger partial charge in [-0.2, -0.15) is 0 Å². The maximum absolute atomic E-state index is 11.0. The van der Waals surface area contributed by atoms with Gasteiger partial charge in [-0.15, -0.1) is 0 Å². The Morgan fingerprint density at radius 2 is 2.25 bits per heavy atom. The number of hydrogen-bond acceptors (Lipinski definition) is 3. The molecule has 0 aromatic carbocycles. The van der Waals surface area contributed by atoms with Gasteiger partial charge in [0.25, 0.3) is 0 Å². The minimum Gasteiger partial charge on any atom is -0.478 e. The summed E-state index contributed by atoms with van der Waals surface area (Å²) in [7, 11) is 0. The third-order valence-electron chi connectivity index (χ3n) is 2.43. The van der Waals surface area contributed by atoms with Gasteiger partial charge in [-0.3, -0.25) is 0 Å². The summed E-state index contributed by atoms with van der Waals surface area (Å²) in [6, 6.07) is 1.55. The van der Waals surface area contributed by atoms with Gasteiger partial charge in [0.05, 0.1) is 0 Å². The lowest BCUT2D eigenvalue weighted by molar-refractivity contribution is 0.0697. The second-order valence-corrected chi connectivity index (χ2v) is 5.13. The van der Waals surface area contributed by atoms with E-state index < -0.39 is 5.97 Å². The molecular formula is C11H15BrN2O2. The van der Waals surface area contributed by atoms with Crippen LogP contribution in [0.5, 0.6) is 0 Å². The highest BCUT2D eigenvalue weighted by Crippen LogP contribution is 2.22. The van der Waals surface area contributed by atoms with Crippen LogP contribution in [-0.2, 0) is 0 Å². The Morgan fingerprint density at radius 3 is 2.75 bits per heavy atom. The van der Waals surface area contributed by atoms with Crippen molar-refractivity contribution in [3.05, 3.63) is 22.3 Å². The number of carboxylic acids is 1. The van der Waals surface area contributed by atoms with Crippen molar-refractivity contribution in [3.63, 3.8) is 0 Å². The molecule has 0 unspecified atom stereocenters. The molecule has 5 heteroatoms. The van der Waals surface area contributed by atoms with Crippen LogP contribution in [0.15, 0.2) is 16.7 Å². The van der Waals surface area contributed by atoms with E-state index in [1.807, 2.05) is 20.8 Å². The van der Waals surface area contributed by atoms with Crippen molar-refractivity contribution in [3.8, 4) is 0 Å². The first-order valence-electron chi connectivity index (χ1n) is 5.03. The Morgan fingerprint density at radius 1 is 1.62 bits per heavy atom. The molecule has 0 aliphatic rings. The number of anilines is 1. The van der Waals surface area contributed by atoms with Crippen LogP contribution in [0.1, 0.15) is 37.6 Å². The second-order valence-electron chi connectivity index (χ2n) is 4.22. The van der Waals surface area contributed by atoms with E-state index >= 15 is 0 Å². The second kappa shape index (κ2) is 4.82. The van der Waals surface area contributed by atoms with Gasteiger partial charge < -0.3 is 10.4 Å². The van der Waals surface area contributed by atoms with Gasteiger partial charge in [-0.1, -0.05) is 6.92 Å². The molecule has 0 spiro atoms. The summed E-state index contributed by atoms with van der Waals surface area (Å²) in [5, 5.41) is 12.2. The molecule has 0 aliphatic heterocycles. The maximum Gasteiger partial charge on any atom is 0.339 e. The smallest absolute Gasteiger partial charge is 0.339 e. The molecule has 0 amide bonds. The van der Waals surface area contributed by atoms with E-state index in [4.69, 9.17) is 5.11 Å². The quantitative estimate of drug-likeness (QED) is 0.893. The molecule has 0 saturated heterocycles. The summed E-state index contributed by atoms with van der Waals surface area (Å²) < 4.78 is 0.657. The van der Waals surface area contributed by atoms with E-state index in [9.17, 15) is 4.79 Å². The van der Waals surface area contributed by atoms with Crippen LogP contribution in [0.3, 0.4) is 0 Å². The molecule has 0 aliphatic carbocycles. The molecule has 0 fully saturated rings. The predicted molar refractivity (Wildman–Crippen MR) is 66.9 cm³/mol. The van der Waals surface area contributed by atoms with E-state index in [0.717, 1.165) is 6.42 Å². The molecule has 1 aromatic rings. The molecule has 2 N–H and O–H groups in total. The fourth-order valence-corrected chi connectivity index (χ4v) is 1.44. The first-order valence-corrected chi connectivity index (χ1v) is 5.82. The zero-order valence-corrected chi connectivity index (χ0v) is 11.1. The zero-order chi connectivity index (χ0) is 12.3. The summed E-state index contributed by atoms with van der Waals surface area (Å²) in [4.78, 5) is 15.1. The molecule has 0 atom stereocenters. The fourth-order valence-electron chi connectivity index (χ4n) is 1.11. The van der Waals surface area contributed by atoms with Gasteiger partial charge in [0.1, 0.15) is 11.4 Å². The first-order chi connectivity index (χ1) is 7.35. The van der Waals surface area contributed by atoms with E-state index in [0.29, 0.717) is 10.3 Å². The van der Waals surface area contributed by atoms with Gasteiger partial charge in [0.2, 0.25) is 0 Å². The lowest BCUT2D eigenvalue weighted by Gasteiger charge is -2.25. The molecule has 88 valence electrons. The predicted octanol–water partition coefficient (Wildman–Crippen LogP) is 3.14. The highest BCUT2D eigenvalue weighted by Gasteiger charge is 2.19. The normalized spacial score (nSPS) is 11.2. The largest absolute Gasteiger partial charge is 0.478 e. The molecule has 0 radical (unpaired) electrons. The van der Waals surface area contributed by atoms with Crippen LogP contribution in [0.2, 0.25) is 0 Å². The molecule has 1 aromatic heterocycles. The Hall–Kier alpha value is -1.10. The topological polar surface area (TPSA) is 62.2 Å². The molecule has 1 rings (SSSR count). The number of pyridine rings is 1. The summed E-state index contributed by atoms with van der Waals surface area (Å²) in [6.45, 7) is 6.04. The number of nitrogens with zero attached hydrogens (tertiary/aromatic N) is 1. The third kappa shape index (κ3) is 3.20. The number of halogens is 1. The highest BCUT2D eigenvalue weighted by atomic mass is 79.9. The zero-order valence-electron chi connectivity index (χ0n) is 9.54. The number of rotatable bonds is 4. The van der Waals surface area contributed by atoms with Crippen molar-refractivity contribution in [1.82, 2.24) is 4.98 Å². The van der Waals surface area contributed by atoms with Crippen LogP contribution in [0, 0.1) is 0 Å². The van der Waals surface area contributed by atoms with Crippen molar-refractivity contribution < 1.29 is 9.90 Å². The number of carbonyl (C=O) groups is 1. The van der Waals surface area contributed by atoms with Crippen molar-refractivity contribution in [2.75, 3.05) is 5.32 Å². The van der Waals surface area contributed by atoms with Gasteiger partial charge in [0.15, 0.2) is 0 Å². The lowest BCUT2D eigenvalue weighted by atomic mass is 10.0. The van der Waals surface area contributed by atoms with Gasteiger partial charge in [-0.05, 0) is 42.3 Å². The van der Waals surface area contributed by atoms with Crippen molar-refractivity contribution >= 4 is 27.7 Å². The van der Waals surface area contributed by atoms with Crippen molar-refractivity contribution in [2.24, 2.45) is 0 Å². The maximum atomic E-state index is 11.0. The van der Waals surface area contributed by atoms with E-state index in [2.05, 4.69) is 26.2 Å². The summed E-state index contributed by atoms with van der Waals surface area (Å²) in [5.41, 5.74) is 0.00119. The molecule has 4 nitrogen and oxygen atoms in total. The van der Waals surface area contributed by atoms with Crippen LogP contribution in [0.25, 0.3) is 0 Å². The molecular weight excluding hydrogens is 272 g/mol. The van der Waals surface area contributed by atoms with Crippen molar-refractivity contribution in [2.45, 2.75) is 32.7 Å². The van der Waals surface area contributed by atoms with Gasteiger partial charge in [0, 0.05) is 16.2 Å². The average molecular weight is 287 g/mol. The fraction of sp³-hybridized carbons (Fsp3) is 0.455. The van der Waals surface area contributed by atoms with Gasteiger partial charge >= 0.3 is 5.97 Å². The van der Waals surface area contributed by atoms with E-state index in [-0.39, 0.29) is 11.1 Å². The monoisotopic (exact) mass is 286 g/mol. The Labute approximate surface area is 103 Å². The van der Waals surface area contributed by atoms with Crippen LogP contribution < -0.4 is 5.32 Å². The van der Waals surface area contributed by atoms with Crippen LogP contribution >= 0.6 is 15.9 Å². The minimum atomic E-state index is -0.983. The molecule has 16 heavy (non-hydrogen) atoms. The number of aromatic nitrogens is 1. The van der Waals surface area contributed by atoms with Gasteiger partial charge in [-0.25, -0.2) is 9.78 Å². The Kier molecular flexibility index (Phi) is 3.91. The summed E-state index contributed by atoms with van der Waals surface area (Å²) in [6.07, 6.45) is 2.46. The van der Waals surface area contributed by atoms with Crippen molar-refractivity contribution in [1.29, 1.82) is 0 Å². The van der Waals surface area contributed by atoms with Crippen LogP contribution in [-0.4, -0.2) is 21.6 Å². The molecule has 1 heterocycles. The van der Waals surface area contributed by atoms with E-state index in [1.54, 1.807) is 12.3 Å². The van der Waals surface area contributed by atoms with Crippen LogP contribution in [0.4, 0.5) is 5.82 Å². The summed E-state index contributed by atoms with van der Waals surface area (Å²) in [5.74, 6) is -0.578. The van der Waals surface area contributed by atoms with E-state index in [1.165, 1.54) is 0 Å². The molecule has 0 saturated carbocycles. The first kappa shape index (κ1) is 13.0. The SMILES string of the molecule is CCC(C)(C)Nc1ncc(Br)cc1C(=O)O.